The van der Waals surface area contributed by atoms with Crippen molar-refractivity contribution in [2.24, 2.45) is 11.3 Å². The van der Waals surface area contributed by atoms with Crippen LogP contribution in [0.2, 0.25) is 19.6 Å². The van der Waals surface area contributed by atoms with E-state index in [1.165, 1.54) is 7.11 Å². The van der Waals surface area contributed by atoms with Gasteiger partial charge in [0, 0.05) is 9.49 Å². The molecule has 1 unspecified atom stereocenters. The quantitative estimate of drug-likeness (QED) is 0.295. The highest BCUT2D eigenvalue weighted by Crippen LogP contribution is 2.73. The van der Waals surface area contributed by atoms with Crippen LogP contribution in [0.25, 0.3) is 0 Å². The summed E-state index contributed by atoms with van der Waals surface area (Å²) in [6.45, 7) is 6.61. The molecule has 2 aliphatic rings. The van der Waals surface area contributed by atoms with Gasteiger partial charge in [0.15, 0.2) is 19.8 Å². The first-order valence-electron chi connectivity index (χ1n) is 9.84. The van der Waals surface area contributed by atoms with E-state index in [1.807, 2.05) is 12.1 Å². The van der Waals surface area contributed by atoms with E-state index in [0.717, 1.165) is 34.8 Å². The molecule has 156 valence electrons. The fourth-order valence-electron chi connectivity index (χ4n) is 5.20. The summed E-state index contributed by atoms with van der Waals surface area (Å²) in [7, 11) is 2.93. The third kappa shape index (κ3) is 3.47. The van der Waals surface area contributed by atoms with Gasteiger partial charge in [-0.1, -0.05) is 12.8 Å². The van der Waals surface area contributed by atoms with E-state index in [0.29, 0.717) is 17.9 Å². The third-order valence-electron chi connectivity index (χ3n) is 6.18. The number of halogens is 1. The van der Waals surface area contributed by atoms with Crippen molar-refractivity contribution in [3.05, 3.63) is 21.3 Å². The van der Waals surface area contributed by atoms with Crippen LogP contribution in [0.3, 0.4) is 0 Å². The van der Waals surface area contributed by atoms with Crippen molar-refractivity contribution in [3.63, 3.8) is 0 Å². The minimum Gasteiger partial charge on any atom is -0.493 e. The minimum atomic E-state index is -1.84. The normalized spacial score (nSPS) is 29.0. The van der Waals surface area contributed by atoms with Crippen molar-refractivity contribution < 1.29 is 23.4 Å². The second-order valence-electron chi connectivity index (χ2n) is 8.84. The van der Waals surface area contributed by atoms with Gasteiger partial charge in [0.1, 0.15) is 5.41 Å². The average Bonchev–Trinajstić information content (AvgIpc) is 3.21. The second-order valence-corrected chi connectivity index (χ2v) is 14.4. The molecule has 1 aromatic rings. The van der Waals surface area contributed by atoms with E-state index in [1.54, 1.807) is 14.2 Å². The Hall–Kier alpha value is -0.803. The van der Waals surface area contributed by atoms with Gasteiger partial charge in [0.05, 0.1) is 26.9 Å². The Balaban J connectivity index is 2.06. The molecule has 28 heavy (non-hydrogen) atoms. The number of rotatable bonds is 7. The number of ether oxygens (including phenoxy) is 3. The highest BCUT2D eigenvalue weighted by atomic mass is 127. The molecule has 0 heterocycles. The minimum absolute atomic E-state index is 0.136. The van der Waals surface area contributed by atoms with Gasteiger partial charge < -0.3 is 18.6 Å². The van der Waals surface area contributed by atoms with Gasteiger partial charge in [0.2, 0.25) is 0 Å². The van der Waals surface area contributed by atoms with Gasteiger partial charge in [-0.05, 0) is 79.2 Å². The summed E-state index contributed by atoms with van der Waals surface area (Å²) in [4.78, 5) is 13.2. The van der Waals surface area contributed by atoms with Crippen molar-refractivity contribution >= 4 is 36.9 Å². The molecule has 0 aromatic heterocycles. The number of benzene rings is 1. The lowest BCUT2D eigenvalue weighted by Crippen LogP contribution is -2.41. The van der Waals surface area contributed by atoms with Gasteiger partial charge in [-0.15, -0.1) is 0 Å². The van der Waals surface area contributed by atoms with Crippen LogP contribution in [0.1, 0.15) is 31.2 Å². The van der Waals surface area contributed by atoms with E-state index < -0.39 is 13.7 Å². The predicted octanol–water partition coefficient (Wildman–Crippen LogP) is 4.80. The fraction of sp³-hybridized carbons (Fsp3) is 0.667. The lowest BCUT2D eigenvalue weighted by atomic mass is 9.90. The van der Waals surface area contributed by atoms with Crippen LogP contribution < -0.4 is 9.47 Å². The van der Waals surface area contributed by atoms with Gasteiger partial charge in [-0.3, -0.25) is 4.79 Å². The second kappa shape index (κ2) is 7.79. The molecule has 3 atom stereocenters. The number of esters is 1. The summed E-state index contributed by atoms with van der Waals surface area (Å²) < 4.78 is 24.1. The molecule has 5 nitrogen and oxygen atoms in total. The van der Waals surface area contributed by atoms with Crippen LogP contribution in [0.5, 0.6) is 11.5 Å². The topological polar surface area (TPSA) is 54.0 Å². The largest absolute Gasteiger partial charge is 0.493 e. The average molecular weight is 518 g/mol. The molecule has 3 rings (SSSR count). The molecule has 0 aliphatic heterocycles. The van der Waals surface area contributed by atoms with E-state index in [-0.39, 0.29) is 17.5 Å². The maximum Gasteiger partial charge on any atom is 0.315 e. The molecule has 0 radical (unpaired) electrons. The van der Waals surface area contributed by atoms with Crippen LogP contribution in [-0.2, 0) is 20.4 Å². The van der Waals surface area contributed by atoms with E-state index in [4.69, 9.17) is 18.6 Å². The lowest BCUT2D eigenvalue weighted by molar-refractivity contribution is -0.150. The first-order valence-corrected chi connectivity index (χ1v) is 14.3. The van der Waals surface area contributed by atoms with Crippen LogP contribution >= 0.6 is 22.6 Å². The smallest absolute Gasteiger partial charge is 0.315 e. The monoisotopic (exact) mass is 518 g/mol. The summed E-state index contributed by atoms with van der Waals surface area (Å²) in [5, 5.41) is 0. The number of fused-ring (bicyclic) bond motifs is 1. The number of carbonyl (C=O) groups is 1. The molecule has 1 aromatic carbocycles. The Labute approximate surface area is 182 Å². The Morgan fingerprint density at radius 3 is 2.36 bits per heavy atom. The van der Waals surface area contributed by atoms with Crippen LogP contribution in [-0.4, -0.2) is 41.2 Å². The number of hydrogen-bond donors (Lipinski definition) is 0. The van der Waals surface area contributed by atoms with Crippen molar-refractivity contribution in [2.45, 2.75) is 57.3 Å². The maximum atomic E-state index is 13.2. The Bertz CT molecular complexity index is 762. The number of hydrogen-bond acceptors (Lipinski definition) is 5. The molecule has 0 saturated heterocycles. The first-order chi connectivity index (χ1) is 13.1. The molecule has 0 amide bonds. The highest BCUT2D eigenvalue weighted by molar-refractivity contribution is 14.1. The van der Waals surface area contributed by atoms with Crippen molar-refractivity contribution in [3.8, 4) is 11.5 Å². The summed E-state index contributed by atoms with van der Waals surface area (Å²) in [5.74, 6) is 1.46. The Morgan fingerprint density at radius 1 is 1.14 bits per heavy atom. The predicted molar refractivity (Wildman–Crippen MR) is 120 cm³/mol. The van der Waals surface area contributed by atoms with E-state index in [9.17, 15) is 4.79 Å². The molecule has 2 fully saturated rings. The Kier molecular flexibility index (Phi) is 6.09. The van der Waals surface area contributed by atoms with Gasteiger partial charge in [-0.2, -0.15) is 0 Å². The molecule has 2 aliphatic carbocycles. The molecule has 7 heteroatoms. The molecule has 0 N–H and O–H groups in total. The van der Waals surface area contributed by atoms with Crippen LogP contribution in [0.15, 0.2) is 12.1 Å². The zero-order valence-electron chi connectivity index (χ0n) is 17.7. The lowest BCUT2D eigenvalue weighted by Gasteiger charge is -2.32. The van der Waals surface area contributed by atoms with Gasteiger partial charge >= 0.3 is 5.97 Å². The SMILES string of the molecule is COC(=O)[C@@]1(Cc2cc(OC)c(OC)cc2I)C2CCCC[C@]21O[Si](C)(C)C. The summed E-state index contributed by atoms with van der Waals surface area (Å²) in [5.41, 5.74) is 0.0773. The van der Waals surface area contributed by atoms with Crippen LogP contribution in [0, 0.1) is 14.9 Å². The van der Waals surface area contributed by atoms with E-state index in [2.05, 4.69) is 42.2 Å². The van der Waals surface area contributed by atoms with Crippen molar-refractivity contribution in [1.29, 1.82) is 0 Å². The summed E-state index contributed by atoms with van der Waals surface area (Å²) in [6, 6.07) is 3.97. The molecule has 0 bridgehead atoms. The Morgan fingerprint density at radius 2 is 1.79 bits per heavy atom. The summed E-state index contributed by atoms with van der Waals surface area (Å²) >= 11 is 2.31. The number of carbonyl (C=O) groups excluding carboxylic acids is 1. The van der Waals surface area contributed by atoms with Crippen LogP contribution in [0.4, 0.5) is 0 Å². The van der Waals surface area contributed by atoms with Crippen molar-refractivity contribution in [2.75, 3.05) is 21.3 Å². The third-order valence-corrected chi connectivity index (χ3v) is 8.16. The van der Waals surface area contributed by atoms with Gasteiger partial charge in [-0.25, -0.2) is 0 Å². The first kappa shape index (κ1) is 21.9. The standard InChI is InChI=1S/C21H31IO5Si/c1-24-16-11-14(15(22)12-17(16)25-2)13-20(19(23)26-3)18-9-7-8-10-21(18,20)27-28(4,5)6/h11-12,18H,7-10,13H2,1-6H3/t18?,20-,21+/m1/s1. The van der Waals surface area contributed by atoms with Gasteiger partial charge in [0.25, 0.3) is 0 Å². The highest BCUT2D eigenvalue weighted by Gasteiger charge is 2.82. The molecular formula is C21H31IO5Si. The van der Waals surface area contributed by atoms with Crippen molar-refractivity contribution in [1.82, 2.24) is 0 Å². The summed E-state index contributed by atoms with van der Waals surface area (Å²) in [6.07, 6.45) is 4.80. The van der Waals surface area contributed by atoms with E-state index >= 15 is 0 Å². The molecule has 0 spiro atoms. The number of methoxy groups -OCH3 is 3. The maximum absolute atomic E-state index is 13.2. The fourth-order valence-corrected chi connectivity index (χ4v) is 7.35. The zero-order valence-corrected chi connectivity index (χ0v) is 20.8. The molecule has 2 saturated carbocycles. The molecular weight excluding hydrogens is 487 g/mol. The zero-order chi connectivity index (χ0) is 20.7.